The quantitative estimate of drug-likeness (QED) is 0.726. The van der Waals surface area contributed by atoms with E-state index in [1.165, 1.54) is 18.2 Å². The molecule has 1 aromatic carbocycles. The van der Waals surface area contributed by atoms with Crippen molar-refractivity contribution in [3.05, 3.63) is 28.2 Å². The zero-order valence-electron chi connectivity index (χ0n) is 9.13. The van der Waals surface area contributed by atoms with Gasteiger partial charge in [-0.15, -0.1) is 0 Å². The second-order valence-corrected chi connectivity index (χ2v) is 4.20. The van der Waals surface area contributed by atoms with Crippen LogP contribution in [-0.2, 0) is 9.53 Å². The predicted octanol–water partition coefficient (Wildman–Crippen LogP) is 1.11. The summed E-state index contributed by atoms with van der Waals surface area (Å²) in [5.74, 6) is -0.978. The molecule has 0 amide bonds. The number of carbonyl (C=O) groups is 1. The molecule has 2 atom stereocenters. The summed E-state index contributed by atoms with van der Waals surface area (Å²) in [5.41, 5.74) is 0.213. The third-order valence-corrected chi connectivity index (χ3v) is 2.85. The van der Waals surface area contributed by atoms with Crippen LogP contribution in [-0.4, -0.2) is 34.0 Å². The minimum Gasteiger partial charge on any atom is -0.508 e. The van der Waals surface area contributed by atoms with Crippen molar-refractivity contribution >= 4 is 21.9 Å². The Morgan fingerprint density at radius 2 is 2.12 bits per heavy atom. The van der Waals surface area contributed by atoms with Crippen molar-refractivity contribution in [3.8, 4) is 5.75 Å². The van der Waals surface area contributed by atoms with Crippen LogP contribution in [0.5, 0.6) is 5.75 Å². The Balaban J connectivity index is 2.91. The first-order valence-electron chi connectivity index (χ1n) is 4.98. The molecule has 0 aromatic heterocycles. The van der Waals surface area contributed by atoms with Crippen molar-refractivity contribution in [3.63, 3.8) is 0 Å². The zero-order chi connectivity index (χ0) is 13.0. The van der Waals surface area contributed by atoms with Gasteiger partial charge in [0.1, 0.15) is 11.9 Å². The third kappa shape index (κ3) is 3.42. The van der Waals surface area contributed by atoms with Gasteiger partial charge in [0.2, 0.25) is 0 Å². The molecule has 17 heavy (non-hydrogen) atoms. The third-order valence-electron chi connectivity index (χ3n) is 2.13. The minimum absolute atomic E-state index is 0.0710. The number of ether oxygens (including phenoxy) is 1. The number of hydrogen-bond donors (Lipinski definition) is 3. The number of esters is 1. The van der Waals surface area contributed by atoms with Gasteiger partial charge in [-0.1, -0.05) is 15.9 Å². The molecule has 0 fully saturated rings. The number of benzene rings is 1. The number of halogens is 1. The van der Waals surface area contributed by atoms with E-state index in [1.54, 1.807) is 6.92 Å². The lowest BCUT2D eigenvalue weighted by Gasteiger charge is -2.18. The highest BCUT2D eigenvalue weighted by molar-refractivity contribution is 9.10. The van der Waals surface area contributed by atoms with E-state index < -0.39 is 18.2 Å². The van der Waals surface area contributed by atoms with Crippen molar-refractivity contribution in [1.29, 1.82) is 0 Å². The Kier molecular flexibility index (Phi) is 4.92. The second-order valence-electron chi connectivity index (χ2n) is 3.35. The fourth-order valence-electron chi connectivity index (χ4n) is 1.28. The molecule has 0 bridgehead atoms. The number of hydrogen-bond acceptors (Lipinski definition) is 5. The Labute approximate surface area is 107 Å². The van der Waals surface area contributed by atoms with E-state index in [0.717, 1.165) is 0 Å². The van der Waals surface area contributed by atoms with Crippen LogP contribution in [0.1, 0.15) is 18.6 Å². The molecule has 0 saturated heterocycles. The molecule has 0 aliphatic carbocycles. The van der Waals surface area contributed by atoms with E-state index in [9.17, 15) is 20.1 Å². The van der Waals surface area contributed by atoms with Gasteiger partial charge in [0.15, 0.2) is 6.10 Å². The van der Waals surface area contributed by atoms with Gasteiger partial charge in [0.25, 0.3) is 0 Å². The van der Waals surface area contributed by atoms with Crippen LogP contribution in [0.25, 0.3) is 0 Å². The molecule has 5 nitrogen and oxygen atoms in total. The van der Waals surface area contributed by atoms with Gasteiger partial charge < -0.3 is 20.1 Å². The highest BCUT2D eigenvalue weighted by Gasteiger charge is 2.28. The normalized spacial score (nSPS) is 14.1. The molecule has 0 spiro atoms. The average molecular weight is 305 g/mol. The molecule has 94 valence electrons. The number of carbonyl (C=O) groups excluding carboxylic acids is 1. The summed E-state index contributed by atoms with van der Waals surface area (Å²) in [4.78, 5) is 11.2. The van der Waals surface area contributed by atoms with Crippen LogP contribution in [0.15, 0.2) is 22.7 Å². The van der Waals surface area contributed by atoms with Crippen molar-refractivity contribution in [1.82, 2.24) is 0 Å². The standard InChI is InChI=1S/C11H13BrO5/c1-2-17-11(16)10(15)9(14)7-5-6(13)3-4-8(7)12/h3-5,9-10,13-15H,2H2,1H3. The maximum Gasteiger partial charge on any atom is 0.338 e. The van der Waals surface area contributed by atoms with Crippen LogP contribution in [0.3, 0.4) is 0 Å². The first kappa shape index (κ1) is 14.0. The molecule has 0 heterocycles. The minimum atomic E-state index is -1.69. The van der Waals surface area contributed by atoms with Crippen LogP contribution in [0, 0.1) is 0 Å². The van der Waals surface area contributed by atoms with E-state index in [4.69, 9.17) is 0 Å². The maximum absolute atomic E-state index is 11.2. The molecule has 2 unspecified atom stereocenters. The lowest BCUT2D eigenvalue weighted by Crippen LogP contribution is -2.30. The van der Waals surface area contributed by atoms with Gasteiger partial charge in [0, 0.05) is 10.0 Å². The summed E-state index contributed by atoms with van der Waals surface area (Å²) in [5, 5.41) is 28.6. The molecule has 1 rings (SSSR count). The lowest BCUT2D eigenvalue weighted by molar-refractivity contribution is -0.159. The smallest absolute Gasteiger partial charge is 0.338 e. The molecular formula is C11H13BrO5. The zero-order valence-corrected chi connectivity index (χ0v) is 10.7. The van der Waals surface area contributed by atoms with Crippen molar-refractivity contribution < 1.29 is 24.9 Å². The van der Waals surface area contributed by atoms with E-state index in [-0.39, 0.29) is 17.9 Å². The monoisotopic (exact) mass is 304 g/mol. The number of aliphatic hydroxyl groups is 2. The molecule has 0 aliphatic rings. The van der Waals surface area contributed by atoms with Crippen LogP contribution < -0.4 is 0 Å². The van der Waals surface area contributed by atoms with Crippen molar-refractivity contribution in [2.75, 3.05) is 6.61 Å². The predicted molar refractivity (Wildman–Crippen MR) is 63.4 cm³/mol. The second kappa shape index (κ2) is 6.00. The molecule has 1 aromatic rings. The fourth-order valence-corrected chi connectivity index (χ4v) is 1.77. The van der Waals surface area contributed by atoms with Crippen LogP contribution in [0.2, 0.25) is 0 Å². The largest absolute Gasteiger partial charge is 0.508 e. The summed E-state index contributed by atoms with van der Waals surface area (Å²) in [6, 6.07) is 4.18. The highest BCUT2D eigenvalue weighted by atomic mass is 79.9. The Hall–Kier alpha value is -1.11. The Bertz CT molecular complexity index is 407. The lowest BCUT2D eigenvalue weighted by atomic mass is 10.0. The Morgan fingerprint density at radius 3 is 2.71 bits per heavy atom. The molecular weight excluding hydrogens is 292 g/mol. The summed E-state index contributed by atoms with van der Waals surface area (Å²) < 4.78 is 5.07. The molecule has 0 aliphatic heterocycles. The molecule has 0 saturated carbocycles. The number of phenolic OH excluding ortho intramolecular Hbond substituents is 1. The molecule has 3 N–H and O–H groups in total. The topological polar surface area (TPSA) is 87.0 Å². The number of aromatic hydroxyl groups is 1. The number of phenols is 1. The van der Waals surface area contributed by atoms with Gasteiger partial charge in [-0.2, -0.15) is 0 Å². The number of rotatable bonds is 4. The van der Waals surface area contributed by atoms with Gasteiger partial charge in [-0.05, 0) is 25.1 Å². The van der Waals surface area contributed by atoms with Gasteiger partial charge in [0.05, 0.1) is 6.61 Å². The van der Waals surface area contributed by atoms with E-state index in [0.29, 0.717) is 4.47 Å². The fraction of sp³-hybridized carbons (Fsp3) is 0.364. The van der Waals surface area contributed by atoms with Gasteiger partial charge in [-0.25, -0.2) is 4.79 Å². The number of aliphatic hydroxyl groups excluding tert-OH is 2. The summed E-state index contributed by atoms with van der Waals surface area (Å²) in [6.45, 7) is 1.71. The summed E-state index contributed by atoms with van der Waals surface area (Å²) in [6.07, 6.45) is -3.15. The Morgan fingerprint density at radius 1 is 1.47 bits per heavy atom. The SMILES string of the molecule is CCOC(=O)C(O)C(O)c1cc(O)ccc1Br. The maximum atomic E-state index is 11.2. The summed E-state index contributed by atoms with van der Waals surface area (Å²) >= 11 is 3.15. The van der Waals surface area contributed by atoms with Crippen molar-refractivity contribution in [2.45, 2.75) is 19.1 Å². The molecule has 6 heteroatoms. The first-order valence-corrected chi connectivity index (χ1v) is 5.77. The average Bonchev–Trinajstić information content (AvgIpc) is 2.30. The highest BCUT2D eigenvalue weighted by Crippen LogP contribution is 2.29. The van der Waals surface area contributed by atoms with E-state index in [1.807, 2.05) is 0 Å². The van der Waals surface area contributed by atoms with E-state index >= 15 is 0 Å². The van der Waals surface area contributed by atoms with Crippen LogP contribution >= 0.6 is 15.9 Å². The summed E-state index contributed by atoms with van der Waals surface area (Å²) in [7, 11) is 0. The van der Waals surface area contributed by atoms with Gasteiger partial charge >= 0.3 is 5.97 Å². The van der Waals surface area contributed by atoms with E-state index in [2.05, 4.69) is 20.7 Å². The molecule has 0 radical (unpaired) electrons. The van der Waals surface area contributed by atoms with Gasteiger partial charge in [-0.3, -0.25) is 0 Å². The van der Waals surface area contributed by atoms with Crippen molar-refractivity contribution in [2.24, 2.45) is 0 Å². The first-order chi connectivity index (χ1) is 7.97. The van der Waals surface area contributed by atoms with Crippen LogP contribution in [0.4, 0.5) is 0 Å².